The van der Waals surface area contributed by atoms with Crippen molar-refractivity contribution in [3.63, 3.8) is 0 Å². The van der Waals surface area contributed by atoms with Crippen LogP contribution in [-0.4, -0.2) is 26.4 Å². The van der Waals surface area contributed by atoms with E-state index in [-0.39, 0.29) is 5.67 Å². The minimum atomic E-state index is -2.08. The van der Waals surface area contributed by atoms with Crippen LogP contribution < -0.4 is 5.73 Å². The summed E-state index contributed by atoms with van der Waals surface area (Å²) in [5.41, 5.74) is 5.49. The van der Waals surface area contributed by atoms with Crippen molar-refractivity contribution >= 4 is 9.28 Å². The van der Waals surface area contributed by atoms with Crippen molar-refractivity contribution in [2.24, 2.45) is 11.7 Å². The zero-order chi connectivity index (χ0) is 8.15. The highest BCUT2D eigenvalue weighted by Gasteiger charge is 2.20. The molecule has 0 spiro atoms. The summed E-state index contributed by atoms with van der Waals surface area (Å²) in [5.74, 6) is 0.313. The molecule has 0 rings (SSSR count). The predicted octanol–water partition coefficient (Wildman–Crippen LogP) is -0.242. The summed E-state index contributed by atoms with van der Waals surface area (Å²) in [6.45, 7) is 6.40. The van der Waals surface area contributed by atoms with Crippen molar-refractivity contribution in [1.82, 2.24) is 0 Å². The molecule has 0 amide bonds. The number of hydrogen-bond donors (Lipinski definition) is 2. The molecule has 0 aliphatic rings. The summed E-state index contributed by atoms with van der Waals surface area (Å²) < 4.78 is 5.03. The second kappa shape index (κ2) is 4.84. The third-order valence-electron chi connectivity index (χ3n) is 1.44. The Morgan fingerprint density at radius 1 is 1.60 bits per heavy atom. The Balaban J connectivity index is 3.58. The summed E-state index contributed by atoms with van der Waals surface area (Å²) in [6.07, 6.45) is 0. The first-order chi connectivity index (χ1) is 4.59. The largest absolute Gasteiger partial charge is 0.412 e. The molecule has 62 valence electrons. The Labute approximate surface area is 64.0 Å². The average molecular weight is 163 g/mol. The second-order valence-corrected chi connectivity index (χ2v) is 4.55. The molecule has 3 nitrogen and oxygen atoms in total. The summed E-state index contributed by atoms with van der Waals surface area (Å²) in [4.78, 5) is 9.28. The number of nitrogens with two attached hydrogens (primary N) is 1. The van der Waals surface area contributed by atoms with Gasteiger partial charge in [-0.1, -0.05) is 13.8 Å². The lowest BCUT2D eigenvalue weighted by Gasteiger charge is -2.19. The normalized spacial score (nSPS) is 17.4. The van der Waals surface area contributed by atoms with Crippen LogP contribution in [-0.2, 0) is 4.43 Å². The topological polar surface area (TPSA) is 55.5 Å². The van der Waals surface area contributed by atoms with E-state index in [0.29, 0.717) is 12.5 Å². The van der Waals surface area contributed by atoms with E-state index >= 15 is 0 Å². The second-order valence-electron chi connectivity index (χ2n) is 2.67. The van der Waals surface area contributed by atoms with Gasteiger partial charge >= 0.3 is 9.28 Å². The lowest BCUT2D eigenvalue weighted by Crippen LogP contribution is -2.45. The first kappa shape index (κ1) is 10.1. The average Bonchev–Trinajstić information content (AvgIpc) is 1.87. The molecule has 0 saturated carbocycles. The van der Waals surface area contributed by atoms with Gasteiger partial charge < -0.3 is 15.0 Å². The van der Waals surface area contributed by atoms with Crippen LogP contribution in [0.3, 0.4) is 0 Å². The summed E-state index contributed by atoms with van der Waals surface area (Å²) >= 11 is 0. The highest BCUT2D eigenvalue weighted by atomic mass is 28.3. The van der Waals surface area contributed by atoms with Gasteiger partial charge in [0.05, 0.1) is 0 Å². The van der Waals surface area contributed by atoms with Crippen LogP contribution in [0.4, 0.5) is 0 Å². The minimum Gasteiger partial charge on any atom is -0.412 e. The molecule has 2 unspecified atom stereocenters. The van der Waals surface area contributed by atoms with E-state index < -0.39 is 9.28 Å². The lowest BCUT2D eigenvalue weighted by atomic mass is 10.2. The van der Waals surface area contributed by atoms with E-state index in [9.17, 15) is 4.80 Å². The zero-order valence-corrected chi connectivity index (χ0v) is 8.03. The van der Waals surface area contributed by atoms with Gasteiger partial charge in [0, 0.05) is 12.3 Å². The van der Waals surface area contributed by atoms with Gasteiger partial charge in [-0.3, -0.25) is 0 Å². The third kappa shape index (κ3) is 3.31. The predicted molar refractivity (Wildman–Crippen MR) is 43.8 cm³/mol. The molecule has 0 aliphatic carbocycles. The summed E-state index contributed by atoms with van der Waals surface area (Å²) in [7, 11) is -2.08. The Bertz CT molecular complexity index is 89.8. The Kier molecular flexibility index (Phi) is 4.89. The smallest absolute Gasteiger partial charge is 0.336 e. The highest BCUT2D eigenvalue weighted by molar-refractivity contribution is 6.44. The standard InChI is InChI=1S/C6H17NO2Si/c1-4-9-10(8)6(7)5(2)3/h5-6,8,10H,4,7H2,1-3H3. The molecule has 2 atom stereocenters. The molecule has 0 bridgehead atoms. The van der Waals surface area contributed by atoms with E-state index in [1.54, 1.807) is 0 Å². The van der Waals surface area contributed by atoms with E-state index in [1.807, 2.05) is 20.8 Å². The molecular formula is C6H17NO2Si. The fraction of sp³-hybridized carbons (Fsp3) is 1.00. The molecule has 3 N–H and O–H groups in total. The number of hydrogen-bond acceptors (Lipinski definition) is 3. The molecule has 0 aromatic heterocycles. The van der Waals surface area contributed by atoms with E-state index in [0.717, 1.165) is 0 Å². The van der Waals surface area contributed by atoms with Gasteiger partial charge in [0.15, 0.2) is 0 Å². The fourth-order valence-corrected chi connectivity index (χ4v) is 1.83. The van der Waals surface area contributed by atoms with Crippen LogP contribution in [0, 0.1) is 5.92 Å². The fourth-order valence-electron chi connectivity index (χ4n) is 0.611. The van der Waals surface area contributed by atoms with E-state index in [4.69, 9.17) is 10.2 Å². The highest BCUT2D eigenvalue weighted by Crippen LogP contribution is 2.01. The SMILES string of the molecule is CCO[SiH](O)C(N)C(C)C. The first-order valence-electron chi connectivity index (χ1n) is 3.64. The molecule has 0 aromatic carbocycles. The molecule has 0 aromatic rings. The number of rotatable bonds is 4. The van der Waals surface area contributed by atoms with Crippen molar-refractivity contribution in [2.75, 3.05) is 6.61 Å². The van der Waals surface area contributed by atoms with Gasteiger partial charge in [-0.15, -0.1) is 0 Å². The van der Waals surface area contributed by atoms with E-state index in [1.165, 1.54) is 0 Å². The van der Waals surface area contributed by atoms with Gasteiger partial charge in [-0.25, -0.2) is 0 Å². The molecule has 0 heterocycles. The van der Waals surface area contributed by atoms with Crippen molar-refractivity contribution < 1.29 is 9.22 Å². The van der Waals surface area contributed by atoms with Gasteiger partial charge in [0.1, 0.15) is 0 Å². The molecule has 0 fully saturated rings. The van der Waals surface area contributed by atoms with Crippen LogP contribution in [0.25, 0.3) is 0 Å². The maximum atomic E-state index is 9.28. The Morgan fingerprint density at radius 2 is 2.10 bits per heavy atom. The monoisotopic (exact) mass is 163 g/mol. The maximum absolute atomic E-state index is 9.28. The molecule has 0 aliphatic heterocycles. The zero-order valence-electron chi connectivity index (χ0n) is 6.87. The molecule has 4 heteroatoms. The first-order valence-corrected chi connectivity index (χ1v) is 5.30. The molecular weight excluding hydrogens is 146 g/mol. The molecule has 10 heavy (non-hydrogen) atoms. The maximum Gasteiger partial charge on any atom is 0.336 e. The Hall–Kier alpha value is 0.0969. The minimum absolute atomic E-state index is 0.139. The van der Waals surface area contributed by atoms with Crippen LogP contribution >= 0.6 is 0 Å². The summed E-state index contributed by atoms with van der Waals surface area (Å²) in [6, 6.07) is 0. The molecule has 0 saturated heterocycles. The van der Waals surface area contributed by atoms with Crippen molar-refractivity contribution in [1.29, 1.82) is 0 Å². The van der Waals surface area contributed by atoms with Gasteiger partial charge in [-0.2, -0.15) is 0 Å². The van der Waals surface area contributed by atoms with Gasteiger partial charge in [-0.05, 0) is 12.8 Å². The van der Waals surface area contributed by atoms with Gasteiger partial charge in [0.2, 0.25) is 0 Å². The van der Waals surface area contributed by atoms with Crippen molar-refractivity contribution in [3.05, 3.63) is 0 Å². The molecule has 0 radical (unpaired) electrons. The lowest BCUT2D eigenvalue weighted by molar-refractivity contribution is 0.256. The quantitative estimate of drug-likeness (QED) is 0.562. The van der Waals surface area contributed by atoms with Crippen LogP contribution in [0.5, 0.6) is 0 Å². The van der Waals surface area contributed by atoms with Crippen LogP contribution in [0.2, 0.25) is 0 Å². The van der Waals surface area contributed by atoms with Crippen molar-refractivity contribution in [2.45, 2.75) is 26.4 Å². The van der Waals surface area contributed by atoms with E-state index in [2.05, 4.69) is 0 Å². The van der Waals surface area contributed by atoms with Crippen LogP contribution in [0.1, 0.15) is 20.8 Å². The van der Waals surface area contributed by atoms with Crippen molar-refractivity contribution in [3.8, 4) is 0 Å². The Morgan fingerprint density at radius 3 is 2.40 bits per heavy atom. The third-order valence-corrected chi connectivity index (χ3v) is 3.54. The van der Waals surface area contributed by atoms with Crippen LogP contribution in [0.15, 0.2) is 0 Å². The van der Waals surface area contributed by atoms with Gasteiger partial charge in [0.25, 0.3) is 0 Å². The summed E-state index contributed by atoms with van der Waals surface area (Å²) in [5, 5.41) is 0.